The Balaban J connectivity index is 1.90. The smallest absolute Gasteiger partial charge is 0.355 e. The van der Waals surface area contributed by atoms with Gasteiger partial charge in [-0.2, -0.15) is 0 Å². The van der Waals surface area contributed by atoms with Gasteiger partial charge in [-0.1, -0.05) is 37.0 Å². The molecule has 4 nitrogen and oxygen atoms in total. The maximum absolute atomic E-state index is 11.7. The van der Waals surface area contributed by atoms with Gasteiger partial charge in [-0.25, -0.2) is 9.78 Å². The molecule has 0 radical (unpaired) electrons. The van der Waals surface area contributed by atoms with Crippen LogP contribution in [0.4, 0.5) is 0 Å². The summed E-state index contributed by atoms with van der Waals surface area (Å²) in [6.45, 7) is 6.24. The second-order valence-corrected chi connectivity index (χ2v) is 7.40. The van der Waals surface area contributed by atoms with E-state index >= 15 is 0 Å². The highest BCUT2D eigenvalue weighted by Crippen LogP contribution is 2.33. The van der Waals surface area contributed by atoms with E-state index < -0.39 is 5.63 Å². The first-order chi connectivity index (χ1) is 11.4. The number of fused-ring (bicyclic) bond motifs is 1. The third kappa shape index (κ3) is 3.29. The second-order valence-electron chi connectivity index (χ2n) is 5.73. The second kappa shape index (κ2) is 6.75. The molecule has 0 aliphatic rings. The number of hydrogen-bond donors (Lipinski definition) is 0. The van der Waals surface area contributed by atoms with E-state index in [1.54, 1.807) is 30.4 Å². The van der Waals surface area contributed by atoms with Crippen molar-refractivity contribution in [1.29, 1.82) is 0 Å². The van der Waals surface area contributed by atoms with Gasteiger partial charge in [-0.05, 0) is 18.6 Å². The Morgan fingerprint density at radius 1 is 1.33 bits per heavy atom. The number of hydrogen-bond acceptors (Lipinski definition) is 5. The van der Waals surface area contributed by atoms with Crippen LogP contribution in [0.25, 0.3) is 11.0 Å². The molecule has 0 amide bonds. The summed E-state index contributed by atoms with van der Waals surface area (Å²) in [4.78, 5) is 16.2. The van der Waals surface area contributed by atoms with Crippen molar-refractivity contribution in [2.75, 3.05) is 0 Å². The quantitative estimate of drug-likeness (QED) is 0.552. The lowest BCUT2D eigenvalue weighted by atomic mass is 10.1. The molecular formula is C17H15Cl2NO3S. The minimum Gasteiger partial charge on any atom is -0.486 e. The van der Waals surface area contributed by atoms with Crippen LogP contribution in [0.15, 0.2) is 26.7 Å². The molecule has 2 heterocycles. The van der Waals surface area contributed by atoms with Gasteiger partial charge in [0.25, 0.3) is 0 Å². The molecule has 0 saturated heterocycles. The van der Waals surface area contributed by atoms with E-state index in [1.807, 2.05) is 5.38 Å². The van der Waals surface area contributed by atoms with Crippen molar-refractivity contribution < 1.29 is 9.15 Å². The molecule has 0 spiro atoms. The fourth-order valence-electron chi connectivity index (χ4n) is 2.24. The Kier molecular flexibility index (Phi) is 4.85. The number of nitrogens with zero attached hydrogens (tertiary/aromatic N) is 1. The molecule has 0 fully saturated rings. The van der Waals surface area contributed by atoms with Crippen molar-refractivity contribution in [1.82, 2.24) is 4.98 Å². The minimum absolute atomic E-state index is 0.0657. The topological polar surface area (TPSA) is 52.3 Å². The molecule has 24 heavy (non-hydrogen) atoms. The van der Waals surface area contributed by atoms with Gasteiger partial charge in [0.1, 0.15) is 23.0 Å². The van der Waals surface area contributed by atoms with Gasteiger partial charge >= 0.3 is 5.63 Å². The van der Waals surface area contributed by atoms with Gasteiger partial charge in [0.05, 0.1) is 15.7 Å². The van der Waals surface area contributed by atoms with Crippen LogP contribution in [0.2, 0.25) is 10.0 Å². The zero-order chi connectivity index (χ0) is 17.4. The van der Waals surface area contributed by atoms with E-state index in [2.05, 4.69) is 18.8 Å². The van der Waals surface area contributed by atoms with Gasteiger partial charge in [0, 0.05) is 22.8 Å². The van der Waals surface area contributed by atoms with Crippen LogP contribution in [0.5, 0.6) is 5.75 Å². The Hall–Kier alpha value is -1.56. The lowest BCUT2D eigenvalue weighted by Gasteiger charge is -2.09. The zero-order valence-electron chi connectivity index (χ0n) is 13.4. The lowest BCUT2D eigenvalue weighted by molar-refractivity contribution is 0.302. The molecule has 3 rings (SSSR count). The summed E-state index contributed by atoms with van der Waals surface area (Å²) in [5, 5.41) is 4.21. The molecule has 7 heteroatoms. The molecule has 3 aromatic rings. The van der Waals surface area contributed by atoms with Gasteiger partial charge < -0.3 is 9.15 Å². The molecule has 0 bridgehead atoms. The summed E-state index contributed by atoms with van der Waals surface area (Å²) in [5.41, 5.74) is 1.30. The molecule has 1 aromatic carbocycles. The Morgan fingerprint density at radius 2 is 2.08 bits per heavy atom. The van der Waals surface area contributed by atoms with Crippen molar-refractivity contribution in [3.63, 3.8) is 0 Å². The maximum Gasteiger partial charge on any atom is 0.355 e. The Morgan fingerprint density at radius 3 is 2.75 bits per heavy atom. The van der Waals surface area contributed by atoms with Crippen LogP contribution in [-0.4, -0.2) is 4.98 Å². The first-order valence-corrected chi connectivity index (χ1v) is 9.00. The standard InChI is InChI=1S/C17H15Cl2NO3S/c1-8(2)16-20-10(7-24-16)6-22-14-5-13-11(4-12(14)18)9(3)15(19)17(21)23-13/h4-5,7-8H,6H2,1-3H3. The van der Waals surface area contributed by atoms with E-state index in [-0.39, 0.29) is 5.02 Å². The number of rotatable bonds is 4. The molecule has 0 unspecified atom stereocenters. The normalized spacial score (nSPS) is 11.4. The maximum atomic E-state index is 11.7. The van der Waals surface area contributed by atoms with Crippen LogP contribution in [0, 0.1) is 6.92 Å². The fourth-order valence-corrected chi connectivity index (χ4v) is 3.42. The van der Waals surface area contributed by atoms with Crippen molar-refractivity contribution in [2.24, 2.45) is 0 Å². The Labute approximate surface area is 153 Å². The summed E-state index contributed by atoms with van der Waals surface area (Å²) >= 11 is 13.8. The van der Waals surface area contributed by atoms with E-state index in [9.17, 15) is 4.79 Å². The molecule has 0 saturated carbocycles. The van der Waals surface area contributed by atoms with Gasteiger partial charge in [0.2, 0.25) is 0 Å². The van der Waals surface area contributed by atoms with Crippen molar-refractivity contribution in [3.8, 4) is 5.75 Å². The van der Waals surface area contributed by atoms with E-state index in [0.717, 1.165) is 10.7 Å². The molecule has 126 valence electrons. The van der Waals surface area contributed by atoms with Crippen LogP contribution in [0.3, 0.4) is 0 Å². The summed E-state index contributed by atoms with van der Waals surface area (Å²) in [6, 6.07) is 3.30. The van der Waals surface area contributed by atoms with Crippen molar-refractivity contribution >= 4 is 45.5 Å². The van der Waals surface area contributed by atoms with Crippen molar-refractivity contribution in [3.05, 3.63) is 54.2 Å². The lowest BCUT2D eigenvalue weighted by Crippen LogP contribution is -2.02. The monoisotopic (exact) mass is 383 g/mol. The van der Waals surface area contributed by atoms with E-state index in [4.69, 9.17) is 32.4 Å². The molecule has 0 atom stereocenters. The number of halogens is 2. The van der Waals surface area contributed by atoms with Gasteiger partial charge in [-0.3, -0.25) is 0 Å². The third-order valence-corrected chi connectivity index (χ3v) is 5.52. The average Bonchev–Trinajstić information content (AvgIpc) is 3.01. The van der Waals surface area contributed by atoms with Crippen LogP contribution in [-0.2, 0) is 6.61 Å². The largest absolute Gasteiger partial charge is 0.486 e. The molecular weight excluding hydrogens is 369 g/mol. The molecule has 0 aliphatic heterocycles. The number of aryl methyl sites for hydroxylation is 1. The summed E-state index contributed by atoms with van der Waals surface area (Å²) in [7, 11) is 0. The van der Waals surface area contributed by atoms with Crippen LogP contribution in [0.1, 0.15) is 36.0 Å². The van der Waals surface area contributed by atoms with Crippen LogP contribution >= 0.6 is 34.5 Å². The Bertz CT molecular complexity index is 962. The number of aromatic nitrogens is 1. The predicted molar refractivity (Wildman–Crippen MR) is 97.8 cm³/mol. The molecule has 0 N–H and O–H groups in total. The summed E-state index contributed by atoms with van der Waals surface area (Å²) in [5.74, 6) is 0.822. The van der Waals surface area contributed by atoms with Crippen LogP contribution < -0.4 is 10.4 Å². The highest BCUT2D eigenvalue weighted by atomic mass is 35.5. The first-order valence-electron chi connectivity index (χ1n) is 7.36. The van der Waals surface area contributed by atoms with Gasteiger partial charge in [-0.15, -0.1) is 11.3 Å². The van der Waals surface area contributed by atoms with E-state index in [0.29, 0.717) is 39.8 Å². The zero-order valence-corrected chi connectivity index (χ0v) is 15.7. The number of thiazole rings is 1. The third-order valence-electron chi connectivity index (χ3n) is 3.59. The number of benzene rings is 1. The van der Waals surface area contributed by atoms with Gasteiger partial charge in [0.15, 0.2) is 0 Å². The fraction of sp³-hybridized carbons (Fsp3) is 0.294. The first kappa shape index (κ1) is 17.3. The molecule has 0 aliphatic carbocycles. The van der Waals surface area contributed by atoms with Crippen molar-refractivity contribution in [2.45, 2.75) is 33.3 Å². The highest BCUT2D eigenvalue weighted by molar-refractivity contribution is 7.09. The predicted octanol–water partition coefficient (Wildman–Crippen LogP) is 5.57. The number of ether oxygens (including phenoxy) is 1. The molecule has 2 aromatic heterocycles. The summed E-state index contributed by atoms with van der Waals surface area (Å²) in [6.07, 6.45) is 0. The minimum atomic E-state index is -0.573. The average molecular weight is 384 g/mol. The SMILES string of the molecule is Cc1c(Cl)c(=O)oc2cc(OCc3csc(C(C)C)n3)c(Cl)cc12. The van der Waals surface area contributed by atoms with E-state index in [1.165, 1.54) is 0 Å². The highest BCUT2D eigenvalue weighted by Gasteiger charge is 2.14. The summed E-state index contributed by atoms with van der Waals surface area (Å²) < 4.78 is 11.0.